The quantitative estimate of drug-likeness (QED) is 0.811. The van der Waals surface area contributed by atoms with E-state index in [0.29, 0.717) is 6.04 Å². The Balaban J connectivity index is 2.16. The molecule has 0 aliphatic rings. The number of rotatable bonds is 3. The fourth-order valence-corrected chi connectivity index (χ4v) is 3.49. The van der Waals surface area contributed by atoms with Crippen LogP contribution in [0, 0.1) is 13.8 Å². The van der Waals surface area contributed by atoms with Crippen molar-refractivity contribution in [3.63, 3.8) is 0 Å². The number of anilines is 1. The molecule has 0 amide bonds. The summed E-state index contributed by atoms with van der Waals surface area (Å²) in [5.74, 6) is 0. The Kier molecular flexibility index (Phi) is 3.89. The lowest BCUT2D eigenvalue weighted by molar-refractivity contribution is 0.902. The molecule has 3 heteroatoms. The molecular formula is C14H16BrNS. The lowest BCUT2D eigenvalue weighted by Gasteiger charge is -2.15. The van der Waals surface area contributed by atoms with Crippen molar-refractivity contribution in [2.75, 3.05) is 5.32 Å². The third-order valence-electron chi connectivity index (χ3n) is 2.93. The molecule has 1 aromatic heterocycles. The van der Waals surface area contributed by atoms with Crippen LogP contribution in [0.4, 0.5) is 5.69 Å². The van der Waals surface area contributed by atoms with Crippen molar-refractivity contribution < 1.29 is 0 Å². The first-order chi connectivity index (χ1) is 8.08. The van der Waals surface area contributed by atoms with Crippen LogP contribution < -0.4 is 5.32 Å². The Morgan fingerprint density at radius 3 is 2.53 bits per heavy atom. The van der Waals surface area contributed by atoms with Crippen molar-refractivity contribution in [3.8, 4) is 0 Å². The smallest absolute Gasteiger partial charge is 0.0589 e. The number of aryl methyl sites for hydroxylation is 2. The highest BCUT2D eigenvalue weighted by atomic mass is 79.9. The van der Waals surface area contributed by atoms with E-state index >= 15 is 0 Å². The van der Waals surface area contributed by atoms with Crippen LogP contribution in [-0.4, -0.2) is 0 Å². The molecule has 0 aliphatic carbocycles. The minimum Gasteiger partial charge on any atom is -0.378 e. The van der Waals surface area contributed by atoms with Gasteiger partial charge in [0.1, 0.15) is 0 Å². The summed E-state index contributed by atoms with van der Waals surface area (Å²) in [4.78, 5) is 1.34. The van der Waals surface area contributed by atoms with Gasteiger partial charge in [-0.25, -0.2) is 0 Å². The van der Waals surface area contributed by atoms with Crippen molar-refractivity contribution in [2.24, 2.45) is 0 Å². The fraction of sp³-hybridized carbons (Fsp3) is 0.286. The van der Waals surface area contributed by atoms with Crippen LogP contribution in [0.25, 0.3) is 0 Å². The average Bonchev–Trinajstić information content (AvgIpc) is 2.70. The summed E-state index contributed by atoms with van der Waals surface area (Å²) in [6.45, 7) is 6.47. The highest BCUT2D eigenvalue weighted by Gasteiger charge is 2.10. The van der Waals surface area contributed by atoms with Crippen molar-refractivity contribution in [1.82, 2.24) is 0 Å². The van der Waals surface area contributed by atoms with Crippen LogP contribution in [0.1, 0.15) is 29.0 Å². The number of nitrogens with one attached hydrogen (secondary N) is 1. The Bertz CT molecular complexity index is 519. The highest BCUT2D eigenvalue weighted by molar-refractivity contribution is 9.10. The summed E-state index contributed by atoms with van der Waals surface area (Å²) >= 11 is 5.35. The molecule has 0 radical (unpaired) electrons. The summed E-state index contributed by atoms with van der Waals surface area (Å²) in [6, 6.07) is 8.92. The highest BCUT2D eigenvalue weighted by Crippen LogP contribution is 2.31. The van der Waals surface area contributed by atoms with Gasteiger partial charge in [0.2, 0.25) is 0 Å². The van der Waals surface area contributed by atoms with Crippen LogP contribution >= 0.6 is 27.3 Å². The van der Waals surface area contributed by atoms with Gasteiger partial charge in [-0.2, -0.15) is 0 Å². The van der Waals surface area contributed by atoms with Gasteiger partial charge in [-0.05, 0) is 71.4 Å². The summed E-state index contributed by atoms with van der Waals surface area (Å²) in [7, 11) is 0. The molecular weight excluding hydrogens is 294 g/mol. The van der Waals surface area contributed by atoms with Gasteiger partial charge in [0.15, 0.2) is 0 Å². The first-order valence-electron chi connectivity index (χ1n) is 5.64. The number of hydrogen-bond donors (Lipinski definition) is 1. The minimum atomic E-state index is 0.325. The predicted molar refractivity (Wildman–Crippen MR) is 80.0 cm³/mol. The molecule has 1 aromatic carbocycles. The molecule has 0 saturated carbocycles. The van der Waals surface area contributed by atoms with E-state index in [0.717, 1.165) is 0 Å². The molecule has 90 valence electrons. The van der Waals surface area contributed by atoms with E-state index in [1.54, 1.807) is 11.3 Å². The van der Waals surface area contributed by atoms with Gasteiger partial charge in [-0.3, -0.25) is 0 Å². The van der Waals surface area contributed by atoms with Crippen molar-refractivity contribution in [1.29, 1.82) is 0 Å². The number of benzene rings is 1. The molecule has 0 saturated heterocycles. The number of thiophene rings is 1. The van der Waals surface area contributed by atoms with Gasteiger partial charge in [0.05, 0.1) is 6.04 Å². The van der Waals surface area contributed by atoms with E-state index in [1.807, 2.05) is 0 Å². The topological polar surface area (TPSA) is 12.0 Å². The maximum Gasteiger partial charge on any atom is 0.0589 e. The molecule has 0 spiro atoms. The third-order valence-corrected chi connectivity index (χ3v) is 4.98. The Labute approximate surface area is 115 Å². The molecule has 1 heterocycles. The van der Waals surface area contributed by atoms with Crippen molar-refractivity contribution in [3.05, 3.63) is 50.1 Å². The molecule has 1 atom stereocenters. The zero-order chi connectivity index (χ0) is 12.4. The maximum absolute atomic E-state index is 3.58. The molecule has 17 heavy (non-hydrogen) atoms. The lowest BCUT2D eigenvalue weighted by Crippen LogP contribution is -2.05. The molecule has 1 N–H and O–H groups in total. The number of halogens is 1. The van der Waals surface area contributed by atoms with Crippen LogP contribution in [0.5, 0.6) is 0 Å². The summed E-state index contributed by atoms with van der Waals surface area (Å²) in [5, 5.41) is 5.64. The fourth-order valence-electron chi connectivity index (χ4n) is 1.76. The van der Waals surface area contributed by atoms with Gasteiger partial charge in [-0.15, -0.1) is 11.3 Å². The largest absolute Gasteiger partial charge is 0.378 e. The Morgan fingerprint density at radius 1 is 1.18 bits per heavy atom. The predicted octanol–water partition coefficient (Wildman–Crippen LogP) is 5.30. The van der Waals surface area contributed by atoms with Crippen LogP contribution in [-0.2, 0) is 0 Å². The van der Waals surface area contributed by atoms with Crippen LogP contribution in [0.3, 0.4) is 0 Å². The van der Waals surface area contributed by atoms with Crippen molar-refractivity contribution >= 4 is 33.0 Å². The summed E-state index contributed by atoms with van der Waals surface area (Å²) in [5.41, 5.74) is 3.84. The van der Waals surface area contributed by atoms with Gasteiger partial charge in [0, 0.05) is 15.0 Å². The SMILES string of the molecule is Cc1ccc(NC(C)c2sccc2Br)cc1C. The molecule has 0 aliphatic heterocycles. The van der Waals surface area contributed by atoms with Crippen LogP contribution in [0.2, 0.25) is 0 Å². The van der Waals surface area contributed by atoms with E-state index in [1.165, 1.54) is 26.2 Å². The molecule has 1 unspecified atom stereocenters. The zero-order valence-corrected chi connectivity index (χ0v) is 12.7. The second-order valence-corrected chi connectivity index (χ2v) is 6.10. The van der Waals surface area contributed by atoms with Crippen LogP contribution in [0.15, 0.2) is 34.1 Å². The first-order valence-corrected chi connectivity index (χ1v) is 7.32. The molecule has 0 fully saturated rings. The van der Waals surface area contributed by atoms with E-state index in [2.05, 4.69) is 71.7 Å². The Morgan fingerprint density at radius 2 is 1.94 bits per heavy atom. The minimum absolute atomic E-state index is 0.325. The second-order valence-electron chi connectivity index (χ2n) is 4.30. The summed E-state index contributed by atoms with van der Waals surface area (Å²) in [6.07, 6.45) is 0. The standard InChI is InChI=1S/C14H16BrNS/c1-9-4-5-12(8-10(9)2)16-11(3)14-13(15)6-7-17-14/h4-8,11,16H,1-3H3. The van der Waals surface area contributed by atoms with E-state index in [4.69, 9.17) is 0 Å². The first kappa shape index (κ1) is 12.7. The van der Waals surface area contributed by atoms with Gasteiger partial charge in [0.25, 0.3) is 0 Å². The third kappa shape index (κ3) is 2.90. The van der Waals surface area contributed by atoms with Gasteiger partial charge in [-0.1, -0.05) is 6.07 Å². The number of hydrogen-bond acceptors (Lipinski definition) is 2. The van der Waals surface area contributed by atoms with E-state index in [-0.39, 0.29) is 0 Å². The monoisotopic (exact) mass is 309 g/mol. The summed E-state index contributed by atoms with van der Waals surface area (Å²) < 4.78 is 1.19. The normalized spacial score (nSPS) is 12.5. The second kappa shape index (κ2) is 5.23. The van der Waals surface area contributed by atoms with E-state index in [9.17, 15) is 0 Å². The molecule has 0 bridgehead atoms. The van der Waals surface area contributed by atoms with Crippen molar-refractivity contribution in [2.45, 2.75) is 26.8 Å². The molecule has 2 rings (SSSR count). The maximum atomic E-state index is 3.58. The zero-order valence-electron chi connectivity index (χ0n) is 10.3. The Hall–Kier alpha value is -0.800. The van der Waals surface area contributed by atoms with E-state index < -0.39 is 0 Å². The molecule has 2 aromatic rings. The molecule has 1 nitrogen and oxygen atoms in total. The van der Waals surface area contributed by atoms with Gasteiger partial charge < -0.3 is 5.32 Å². The van der Waals surface area contributed by atoms with Gasteiger partial charge >= 0.3 is 0 Å². The average molecular weight is 310 g/mol. The lowest BCUT2D eigenvalue weighted by atomic mass is 10.1.